The van der Waals surface area contributed by atoms with Gasteiger partial charge < -0.3 is 9.64 Å². The van der Waals surface area contributed by atoms with Crippen molar-refractivity contribution in [1.29, 1.82) is 0 Å². The molecule has 1 amide bonds. The van der Waals surface area contributed by atoms with Gasteiger partial charge in [-0.2, -0.15) is 0 Å². The van der Waals surface area contributed by atoms with E-state index in [0.717, 1.165) is 11.3 Å². The van der Waals surface area contributed by atoms with Crippen molar-refractivity contribution >= 4 is 5.91 Å². The molecule has 0 aromatic heterocycles. The van der Waals surface area contributed by atoms with Gasteiger partial charge in [0.2, 0.25) is 5.91 Å². The summed E-state index contributed by atoms with van der Waals surface area (Å²) >= 11 is 0. The number of para-hydroxylation sites is 1. The van der Waals surface area contributed by atoms with Gasteiger partial charge in [0.05, 0.1) is 7.11 Å². The number of carbonyl (C=O) groups excluding carboxylic acids is 1. The van der Waals surface area contributed by atoms with Gasteiger partial charge >= 0.3 is 0 Å². The van der Waals surface area contributed by atoms with E-state index in [0.29, 0.717) is 6.54 Å². The lowest BCUT2D eigenvalue weighted by Crippen LogP contribution is -2.23. The summed E-state index contributed by atoms with van der Waals surface area (Å²) in [6.07, 6.45) is 0. The van der Waals surface area contributed by atoms with E-state index < -0.39 is 0 Å². The third-order valence-electron chi connectivity index (χ3n) is 2.14. The van der Waals surface area contributed by atoms with Crippen LogP contribution in [0.1, 0.15) is 26.3 Å². The summed E-state index contributed by atoms with van der Waals surface area (Å²) in [6, 6.07) is 7.70. The number of methoxy groups -OCH3 is 1. The van der Waals surface area contributed by atoms with Crippen LogP contribution in [0.5, 0.6) is 5.75 Å². The molecule has 0 aliphatic carbocycles. The maximum absolute atomic E-state index is 11.0. The molecule has 0 spiro atoms. The standard InChI is InChI=1S/C11H15NO2.C2H6/c1-9(13)12(2)8-10-6-4-5-7-11(10)14-3;1-2/h4-7H,8H2,1-3H3;1-2H3. The molecule has 0 radical (unpaired) electrons. The Morgan fingerprint density at radius 1 is 1.31 bits per heavy atom. The number of ether oxygens (including phenoxy) is 1. The van der Waals surface area contributed by atoms with E-state index in [4.69, 9.17) is 4.74 Å². The lowest BCUT2D eigenvalue weighted by atomic mass is 10.2. The van der Waals surface area contributed by atoms with Crippen molar-refractivity contribution in [3.63, 3.8) is 0 Å². The Bertz CT molecular complexity index is 323. The van der Waals surface area contributed by atoms with Crippen LogP contribution in [-0.4, -0.2) is 25.0 Å². The largest absolute Gasteiger partial charge is 0.496 e. The van der Waals surface area contributed by atoms with Crippen molar-refractivity contribution in [2.75, 3.05) is 14.2 Å². The fourth-order valence-corrected chi connectivity index (χ4v) is 1.20. The monoisotopic (exact) mass is 223 g/mol. The van der Waals surface area contributed by atoms with Gasteiger partial charge in [-0.3, -0.25) is 4.79 Å². The van der Waals surface area contributed by atoms with E-state index >= 15 is 0 Å². The van der Waals surface area contributed by atoms with E-state index in [1.165, 1.54) is 0 Å². The fraction of sp³-hybridized carbons (Fsp3) is 0.462. The molecular formula is C13H21NO2. The molecule has 90 valence electrons. The molecule has 0 aliphatic rings. The summed E-state index contributed by atoms with van der Waals surface area (Å²) in [5, 5.41) is 0. The first kappa shape index (κ1) is 14.5. The van der Waals surface area contributed by atoms with Crippen LogP contribution in [-0.2, 0) is 11.3 Å². The Kier molecular flexibility index (Phi) is 7.01. The number of hydrogen-bond donors (Lipinski definition) is 0. The predicted molar refractivity (Wildman–Crippen MR) is 66.5 cm³/mol. The number of amides is 1. The van der Waals surface area contributed by atoms with Crippen LogP contribution in [0.2, 0.25) is 0 Å². The van der Waals surface area contributed by atoms with Gasteiger partial charge in [-0.1, -0.05) is 32.0 Å². The number of hydrogen-bond acceptors (Lipinski definition) is 2. The Balaban J connectivity index is 0.00000106. The van der Waals surface area contributed by atoms with Crippen molar-refractivity contribution in [3.8, 4) is 5.75 Å². The van der Waals surface area contributed by atoms with Gasteiger partial charge in [0.25, 0.3) is 0 Å². The van der Waals surface area contributed by atoms with E-state index in [2.05, 4.69) is 0 Å². The Hall–Kier alpha value is -1.51. The van der Waals surface area contributed by atoms with Crippen LogP contribution in [0.15, 0.2) is 24.3 Å². The second-order valence-electron chi connectivity index (χ2n) is 3.19. The molecule has 1 aromatic carbocycles. The molecule has 3 heteroatoms. The van der Waals surface area contributed by atoms with Crippen molar-refractivity contribution in [3.05, 3.63) is 29.8 Å². The van der Waals surface area contributed by atoms with Gasteiger partial charge in [-0.25, -0.2) is 0 Å². The van der Waals surface area contributed by atoms with Gasteiger partial charge in [-0.15, -0.1) is 0 Å². The maximum atomic E-state index is 11.0. The zero-order valence-electron chi connectivity index (χ0n) is 10.8. The summed E-state index contributed by atoms with van der Waals surface area (Å²) in [4.78, 5) is 12.7. The minimum Gasteiger partial charge on any atom is -0.496 e. The molecule has 16 heavy (non-hydrogen) atoms. The van der Waals surface area contributed by atoms with Crippen molar-refractivity contribution in [2.24, 2.45) is 0 Å². The van der Waals surface area contributed by atoms with Gasteiger partial charge in [0, 0.05) is 26.1 Å². The zero-order chi connectivity index (χ0) is 12.6. The van der Waals surface area contributed by atoms with E-state index in [1.54, 1.807) is 26.0 Å². The number of nitrogens with zero attached hydrogens (tertiary/aromatic N) is 1. The summed E-state index contributed by atoms with van der Waals surface area (Å²) < 4.78 is 5.19. The van der Waals surface area contributed by atoms with Crippen LogP contribution < -0.4 is 4.74 Å². The highest BCUT2D eigenvalue weighted by molar-refractivity contribution is 5.72. The lowest BCUT2D eigenvalue weighted by Gasteiger charge is -2.16. The normalized spacial score (nSPS) is 8.81. The van der Waals surface area contributed by atoms with Gasteiger partial charge in [0.1, 0.15) is 5.75 Å². The van der Waals surface area contributed by atoms with Crippen LogP contribution in [0.4, 0.5) is 0 Å². The SMILES string of the molecule is CC.COc1ccccc1CN(C)C(C)=O. The molecule has 0 heterocycles. The highest BCUT2D eigenvalue weighted by atomic mass is 16.5. The minimum absolute atomic E-state index is 0.0518. The number of carbonyl (C=O) groups is 1. The van der Waals surface area contributed by atoms with Crippen LogP contribution in [0.25, 0.3) is 0 Å². The van der Waals surface area contributed by atoms with E-state index in [-0.39, 0.29) is 5.91 Å². The Labute approximate surface area is 98.0 Å². The molecule has 0 saturated carbocycles. The molecule has 0 aliphatic heterocycles. The second-order valence-corrected chi connectivity index (χ2v) is 3.19. The zero-order valence-corrected chi connectivity index (χ0v) is 10.8. The quantitative estimate of drug-likeness (QED) is 0.788. The molecule has 0 N–H and O–H groups in total. The Morgan fingerprint density at radius 2 is 1.88 bits per heavy atom. The fourth-order valence-electron chi connectivity index (χ4n) is 1.20. The first-order valence-corrected chi connectivity index (χ1v) is 5.48. The van der Waals surface area contributed by atoms with Crippen molar-refractivity contribution in [2.45, 2.75) is 27.3 Å². The maximum Gasteiger partial charge on any atom is 0.219 e. The highest BCUT2D eigenvalue weighted by Gasteiger charge is 2.06. The molecule has 0 unspecified atom stereocenters. The summed E-state index contributed by atoms with van der Waals surface area (Å²) in [5.74, 6) is 0.872. The second kappa shape index (κ2) is 7.74. The Morgan fingerprint density at radius 3 is 2.38 bits per heavy atom. The highest BCUT2D eigenvalue weighted by Crippen LogP contribution is 2.18. The van der Waals surface area contributed by atoms with Crippen LogP contribution in [0.3, 0.4) is 0 Å². The van der Waals surface area contributed by atoms with Crippen molar-refractivity contribution < 1.29 is 9.53 Å². The average Bonchev–Trinajstić information content (AvgIpc) is 2.32. The molecule has 3 nitrogen and oxygen atoms in total. The first-order valence-electron chi connectivity index (χ1n) is 5.48. The first-order chi connectivity index (χ1) is 7.65. The van der Waals surface area contributed by atoms with E-state index in [1.807, 2.05) is 38.1 Å². The number of rotatable bonds is 3. The summed E-state index contributed by atoms with van der Waals surface area (Å²) in [7, 11) is 3.40. The van der Waals surface area contributed by atoms with E-state index in [9.17, 15) is 4.79 Å². The van der Waals surface area contributed by atoms with Crippen LogP contribution in [0, 0.1) is 0 Å². The minimum atomic E-state index is 0.0518. The smallest absolute Gasteiger partial charge is 0.219 e. The molecule has 1 aromatic rings. The third kappa shape index (κ3) is 4.34. The molecule has 0 fully saturated rings. The molecule has 0 atom stereocenters. The van der Waals surface area contributed by atoms with Gasteiger partial charge in [0.15, 0.2) is 0 Å². The molecule has 1 rings (SSSR count). The number of benzene rings is 1. The molecule has 0 bridgehead atoms. The lowest BCUT2D eigenvalue weighted by molar-refractivity contribution is -0.128. The van der Waals surface area contributed by atoms with Crippen molar-refractivity contribution in [1.82, 2.24) is 4.90 Å². The molecular weight excluding hydrogens is 202 g/mol. The molecule has 0 saturated heterocycles. The third-order valence-corrected chi connectivity index (χ3v) is 2.14. The topological polar surface area (TPSA) is 29.5 Å². The summed E-state index contributed by atoms with van der Waals surface area (Å²) in [6.45, 7) is 6.13. The van der Waals surface area contributed by atoms with Crippen LogP contribution >= 0.6 is 0 Å². The van der Waals surface area contributed by atoms with Gasteiger partial charge in [-0.05, 0) is 6.07 Å². The predicted octanol–water partition coefficient (Wildman–Crippen LogP) is 2.70. The average molecular weight is 223 g/mol. The summed E-state index contributed by atoms with van der Waals surface area (Å²) in [5.41, 5.74) is 1.02.